The standard InChI is InChI=1S/C19H28N4O/c1-14-11-20-15(2)17(21-14)23-10-8-19(13-23)7-4-9-22(18(19)24)12-16-5-3-6-16/h11,16H,3-10,12-13H2,1-2H3. The Kier molecular flexibility index (Phi) is 3.97. The summed E-state index contributed by atoms with van der Waals surface area (Å²) in [4.78, 5) is 26.8. The van der Waals surface area contributed by atoms with Gasteiger partial charge in [0.05, 0.1) is 16.8 Å². The van der Waals surface area contributed by atoms with Crippen LogP contribution < -0.4 is 4.90 Å². The molecule has 1 aliphatic carbocycles. The predicted octanol–water partition coefficient (Wildman–Crippen LogP) is 2.71. The van der Waals surface area contributed by atoms with Gasteiger partial charge < -0.3 is 9.80 Å². The highest BCUT2D eigenvalue weighted by Gasteiger charge is 2.49. The molecule has 24 heavy (non-hydrogen) atoms. The summed E-state index contributed by atoms with van der Waals surface area (Å²) in [5.41, 5.74) is 1.73. The summed E-state index contributed by atoms with van der Waals surface area (Å²) < 4.78 is 0. The lowest BCUT2D eigenvalue weighted by molar-refractivity contribution is -0.146. The van der Waals surface area contributed by atoms with Crippen molar-refractivity contribution in [1.82, 2.24) is 14.9 Å². The van der Waals surface area contributed by atoms with E-state index in [1.807, 2.05) is 20.0 Å². The van der Waals surface area contributed by atoms with E-state index in [4.69, 9.17) is 0 Å². The first-order valence-corrected chi connectivity index (χ1v) is 9.42. The van der Waals surface area contributed by atoms with Crippen LogP contribution in [0.2, 0.25) is 0 Å². The summed E-state index contributed by atoms with van der Waals surface area (Å²) >= 11 is 0. The normalized spacial score (nSPS) is 27.8. The highest BCUT2D eigenvalue weighted by molar-refractivity contribution is 5.85. The molecule has 1 amide bonds. The summed E-state index contributed by atoms with van der Waals surface area (Å²) in [7, 11) is 0. The molecule has 1 unspecified atom stereocenters. The highest BCUT2D eigenvalue weighted by Crippen LogP contribution is 2.42. The van der Waals surface area contributed by atoms with Crippen molar-refractivity contribution in [2.24, 2.45) is 11.3 Å². The van der Waals surface area contributed by atoms with Crippen LogP contribution in [0.3, 0.4) is 0 Å². The van der Waals surface area contributed by atoms with Crippen molar-refractivity contribution in [3.05, 3.63) is 17.6 Å². The molecule has 1 saturated carbocycles. The second kappa shape index (κ2) is 6.01. The predicted molar refractivity (Wildman–Crippen MR) is 93.9 cm³/mol. The quantitative estimate of drug-likeness (QED) is 0.856. The Labute approximate surface area is 144 Å². The van der Waals surface area contributed by atoms with Crippen molar-refractivity contribution in [3.63, 3.8) is 0 Å². The largest absolute Gasteiger partial charge is 0.354 e. The topological polar surface area (TPSA) is 49.3 Å². The number of carbonyl (C=O) groups excluding carboxylic acids is 1. The number of anilines is 1. The SMILES string of the molecule is Cc1cnc(C)c(N2CCC3(CCCN(CC4CCC4)C3=O)C2)n1. The smallest absolute Gasteiger partial charge is 0.230 e. The molecule has 0 aromatic carbocycles. The van der Waals surface area contributed by atoms with Gasteiger partial charge in [0.2, 0.25) is 5.91 Å². The van der Waals surface area contributed by atoms with Crippen LogP contribution in [0, 0.1) is 25.2 Å². The first-order valence-electron chi connectivity index (χ1n) is 9.42. The minimum atomic E-state index is -0.181. The number of hydrogen-bond acceptors (Lipinski definition) is 4. The van der Waals surface area contributed by atoms with Crippen molar-refractivity contribution in [3.8, 4) is 0 Å². The van der Waals surface area contributed by atoms with Crippen LogP contribution in [0.15, 0.2) is 6.20 Å². The molecule has 2 aliphatic heterocycles. The van der Waals surface area contributed by atoms with Crippen molar-refractivity contribution in [2.45, 2.75) is 52.4 Å². The number of carbonyl (C=O) groups is 1. The highest BCUT2D eigenvalue weighted by atomic mass is 16.2. The molecule has 5 heteroatoms. The minimum Gasteiger partial charge on any atom is -0.354 e. The third-order valence-corrected chi connectivity index (χ3v) is 6.23. The van der Waals surface area contributed by atoms with Crippen LogP contribution in [0.1, 0.15) is 49.9 Å². The molecule has 3 aliphatic rings. The second-order valence-corrected chi connectivity index (χ2v) is 8.02. The zero-order valence-corrected chi connectivity index (χ0v) is 14.9. The van der Waals surface area contributed by atoms with Gasteiger partial charge in [0.15, 0.2) is 0 Å². The van der Waals surface area contributed by atoms with E-state index >= 15 is 0 Å². The molecule has 1 atom stereocenters. The van der Waals surface area contributed by atoms with Crippen LogP contribution in [-0.2, 0) is 4.79 Å². The van der Waals surface area contributed by atoms with Gasteiger partial charge in [-0.3, -0.25) is 9.78 Å². The number of amides is 1. The summed E-state index contributed by atoms with van der Waals surface area (Å²) in [6.07, 6.45) is 8.91. The number of piperidine rings is 1. The Balaban J connectivity index is 1.51. The second-order valence-electron chi connectivity index (χ2n) is 8.02. The lowest BCUT2D eigenvalue weighted by Crippen LogP contribution is -2.51. The number of aryl methyl sites for hydroxylation is 2. The Hall–Kier alpha value is -1.65. The number of rotatable bonds is 3. The fourth-order valence-electron chi connectivity index (χ4n) is 4.57. The zero-order valence-electron chi connectivity index (χ0n) is 14.9. The van der Waals surface area contributed by atoms with Gasteiger partial charge >= 0.3 is 0 Å². The molecular formula is C19H28N4O. The Bertz CT molecular complexity index is 642. The molecule has 5 nitrogen and oxygen atoms in total. The van der Waals surface area contributed by atoms with Crippen molar-refractivity contribution < 1.29 is 4.79 Å². The van der Waals surface area contributed by atoms with Gasteiger partial charge in [-0.25, -0.2) is 4.98 Å². The average Bonchev–Trinajstić information content (AvgIpc) is 2.94. The summed E-state index contributed by atoms with van der Waals surface area (Å²) in [6.45, 7) is 7.67. The van der Waals surface area contributed by atoms with E-state index in [9.17, 15) is 4.79 Å². The number of hydrogen-bond donors (Lipinski definition) is 0. The molecule has 1 aromatic heterocycles. The summed E-state index contributed by atoms with van der Waals surface area (Å²) in [5, 5.41) is 0. The first-order chi connectivity index (χ1) is 11.6. The molecule has 3 heterocycles. The molecule has 0 bridgehead atoms. The van der Waals surface area contributed by atoms with Crippen LogP contribution in [0.25, 0.3) is 0 Å². The maximum absolute atomic E-state index is 13.2. The summed E-state index contributed by atoms with van der Waals surface area (Å²) in [5.74, 6) is 2.13. The molecule has 1 aromatic rings. The van der Waals surface area contributed by atoms with Crippen LogP contribution in [-0.4, -0.2) is 47.0 Å². The minimum absolute atomic E-state index is 0.181. The maximum Gasteiger partial charge on any atom is 0.230 e. The van der Waals surface area contributed by atoms with Crippen molar-refractivity contribution >= 4 is 11.7 Å². The lowest BCUT2D eigenvalue weighted by Gasteiger charge is -2.42. The van der Waals surface area contributed by atoms with E-state index in [1.165, 1.54) is 19.3 Å². The van der Waals surface area contributed by atoms with E-state index < -0.39 is 0 Å². The van der Waals surface area contributed by atoms with E-state index in [-0.39, 0.29) is 5.41 Å². The van der Waals surface area contributed by atoms with E-state index in [0.29, 0.717) is 5.91 Å². The van der Waals surface area contributed by atoms with Crippen LogP contribution in [0.4, 0.5) is 5.82 Å². The summed E-state index contributed by atoms with van der Waals surface area (Å²) in [6, 6.07) is 0. The molecular weight excluding hydrogens is 300 g/mol. The lowest BCUT2D eigenvalue weighted by atomic mass is 9.77. The van der Waals surface area contributed by atoms with Gasteiger partial charge in [-0.05, 0) is 51.9 Å². The Morgan fingerprint density at radius 2 is 2.04 bits per heavy atom. The van der Waals surface area contributed by atoms with Crippen LogP contribution >= 0.6 is 0 Å². The molecule has 0 radical (unpaired) electrons. The van der Waals surface area contributed by atoms with E-state index in [1.54, 1.807) is 0 Å². The molecule has 2 saturated heterocycles. The average molecular weight is 328 g/mol. The van der Waals surface area contributed by atoms with Gasteiger partial charge in [-0.1, -0.05) is 6.42 Å². The fraction of sp³-hybridized carbons (Fsp3) is 0.737. The Morgan fingerprint density at radius 1 is 1.21 bits per heavy atom. The maximum atomic E-state index is 13.2. The Morgan fingerprint density at radius 3 is 2.79 bits per heavy atom. The molecule has 4 rings (SSSR count). The molecule has 130 valence electrons. The number of aromatic nitrogens is 2. The van der Waals surface area contributed by atoms with E-state index in [0.717, 1.165) is 68.6 Å². The molecule has 0 N–H and O–H groups in total. The monoisotopic (exact) mass is 328 g/mol. The van der Waals surface area contributed by atoms with Gasteiger partial charge in [0.25, 0.3) is 0 Å². The third-order valence-electron chi connectivity index (χ3n) is 6.23. The first kappa shape index (κ1) is 15.9. The van der Waals surface area contributed by atoms with Gasteiger partial charge in [0, 0.05) is 32.4 Å². The number of likely N-dealkylation sites (tertiary alicyclic amines) is 1. The van der Waals surface area contributed by atoms with Crippen molar-refractivity contribution in [1.29, 1.82) is 0 Å². The zero-order chi connectivity index (χ0) is 16.7. The molecule has 3 fully saturated rings. The van der Waals surface area contributed by atoms with E-state index in [2.05, 4.69) is 19.8 Å². The van der Waals surface area contributed by atoms with Gasteiger partial charge in [0.1, 0.15) is 5.82 Å². The number of nitrogens with zero attached hydrogens (tertiary/aromatic N) is 4. The van der Waals surface area contributed by atoms with Crippen LogP contribution in [0.5, 0.6) is 0 Å². The van der Waals surface area contributed by atoms with Gasteiger partial charge in [-0.2, -0.15) is 0 Å². The van der Waals surface area contributed by atoms with Gasteiger partial charge in [-0.15, -0.1) is 0 Å². The third kappa shape index (κ3) is 2.68. The fourth-order valence-corrected chi connectivity index (χ4v) is 4.57. The molecule has 1 spiro atoms. The van der Waals surface area contributed by atoms with Crippen molar-refractivity contribution in [2.75, 3.05) is 31.1 Å².